The Balaban J connectivity index is 2.04. The van der Waals surface area contributed by atoms with E-state index in [1.807, 2.05) is 4.90 Å². The van der Waals surface area contributed by atoms with Crippen LogP contribution >= 0.6 is 0 Å². The SMILES string of the molecule is CC(F)(F)CCN1CC(CN)C1. The zero-order chi connectivity index (χ0) is 9.19. The molecule has 0 spiro atoms. The van der Waals surface area contributed by atoms with Crippen molar-refractivity contribution in [2.45, 2.75) is 19.3 Å². The van der Waals surface area contributed by atoms with E-state index < -0.39 is 5.92 Å². The topological polar surface area (TPSA) is 29.3 Å². The number of hydrogen-bond donors (Lipinski definition) is 1. The molecule has 4 heteroatoms. The first-order valence-electron chi connectivity index (χ1n) is 4.31. The Morgan fingerprint density at radius 2 is 2.08 bits per heavy atom. The molecule has 72 valence electrons. The highest BCUT2D eigenvalue weighted by molar-refractivity contribution is 4.80. The highest BCUT2D eigenvalue weighted by Gasteiger charge is 2.28. The number of hydrogen-bond acceptors (Lipinski definition) is 2. The van der Waals surface area contributed by atoms with E-state index in [9.17, 15) is 8.78 Å². The second kappa shape index (κ2) is 3.66. The summed E-state index contributed by atoms with van der Waals surface area (Å²) in [5, 5.41) is 0. The molecule has 1 aliphatic heterocycles. The summed E-state index contributed by atoms with van der Waals surface area (Å²) in [7, 11) is 0. The van der Waals surface area contributed by atoms with Crippen molar-refractivity contribution < 1.29 is 8.78 Å². The zero-order valence-corrected chi connectivity index (χ0v) is 7.39. The lowest BCUT2D eigenvalue weighted by Crippen LogP contribution is -2.50. The van der Waals surface area contributed by atoms with Crippen LogP contribution in [0.25, 0.3) is 0 Å². The molecule has 12 heavy (non-hydrogen) atoms. The summed E-state index contributed by atoms with van der Waals surface area (Å²) < 4.78 is 24.7. The molecule has 0 atom stereocenters. The predicted octanol–water partition coefficient (Wildman–Crippen LogP) is 0.922. The molecule has 0 aliphatic carbocycles. The first-order valence-corrected chi connectivity index (χ1v) is 4.31. The smallest absolute Gasteiger partial charge is 0.246 e. The van der Waals surface area contributed by atoms with Crippen LogP contribution in [0.3, 0.4) is 0 Å². The average molecular weight is 178 g/mol. The van der Waals surface area contributed by atoms with Crippen molar-refractivity contribution >= 4 is 0 Å². The van der Waals surface area contributed by atoms with E-state index in [0.717, 1.165) is 20.0 Å². The molecule has 2 nitrogen and oxygen atoms in total. The summed E-state index contributed by atoms with van der Waals surface area (Å²) in [6, 6.07) is 0. The summed E-state index contributed by atoms with van der Waals surface area (Å²) in [5.41, 5.74) is 5.40. The minimum absolute atomic E-state index is 0.0374. The second-order valence-electron chi connectivity index (χ2n) is 3.68. The van der Waals surface area contributed by atoms with Gasteiger partial charge in [0.25, 0.3) is 0 Å². The molecule has 0 aromatic heterocycles. The Hall–Kier alpha value is -0.220. The third kappa shape index (κ3) is 3.03. The standard InChI is InChI=1S/C8H16F2N2/c1-8(9,10)2-3-12-5-7(4-11)6-12/h7H,2-6,11H2,1H3. The van der Waals surface area contributed by atoms with Gasteiger partial charge in [0.1, 0.15) is 0 Å². The van der Waals surface area contributed by atoms with E-state index in [4.69, 9.17) is 5.73 Å². The van der Waals surface area contributed by atoms with Crippen molar-refractivity contribution in [1.82, 2.24) is 4.90 Å². The van der Waals surface area contributed by atoms with E-state index in [-0.39, 0.29) is 6.42 Å². The van der Waals surface area contributed by atoms with Gasteiger partial charge < -0.3 is 10.6 Å². The maximum Gasteiger partial charge on any atom is 0.246 e. The van der Waals surface area contributed by atoms with Gasteiger partial charge in [-0.2, -0.15) is 0 Å². The van der Waals surface area contributed by atoms with Crippen molar-refractivity contribution in [3.8, 4) is 0 Å². The van der Waals surface area contributed by atoms with Gasteiger partial charge >= 0.3 is 0 Å². The Labute approximate surface area is 71.7 Å². The van der Waals surface area contributed by atoms with Crippen molar-refractivity contribution in [1.29, 1.82) is 0 Å². The lowest BCUT2D eigenvalue weighted by atomic mass is 10.00. The van der Waals surface area contributed by atoms with Crippen LogP contribution in [0.4, 0.5) is 8.78 Å². The van der Waals surface area contributed by atoms with Gasteiger partial charge in [-0.1, -0.05) is 0 Å². The third-order valence-corrected chi connectivity index (χ3v) is 2.23. The minimum Gasteiger partial charge on any atom is -0.330 e. The van der Waals surface area contributed by atoms with Gasteiger partial charge in [0, 0.05) is 26.1 Å². The highest BCUT2D eigenvalue weighted by atomic mass is 19.3. The van der Waals surface area contributed by atoms with Crippen molar-refractivity contribution in [3.63, 3.8) is 0 Å². The van der Waals surface area contributed by atoms with Crippen LogP contribution in [0.1, 0.15) is 13.3 Å². The van der Waals surface area contributed by atoms with Crippen molar-refractivity contribution in [2.24, 2.45) is 11.7 Å². The summed E-state index contributed by atoms with van der Waals surface area (Å²) in [6.45, 7) is 3.94. The summed E-state index contributed by atoms with van der Waals surface area (Å²) in [5.74, 6) is -1.98. The van der Waals surface area contributed by atoms with Crippen LogP contribution in [0.2, 0.25) is 0 Å². The fraction of sp³-hybridized carbons (Fsp3) is 1.00. The number of rotatable bonds is 4. The monoisotopic (exact) mass is 178 g/mol. The van der Waals surface area contributed by atoms with Gasteiger partial charge in [0.15, 0.2) is 0 Å². The van der Waals surface area contributed by atoms with Gasteiger partial charge in [0.2, 0.25) is 5.92 Å². The Bertz CT molecular complexity index is 138. The van der Waals surface area contributed by atoms with Crippen LogP contribution in [0.15, 0.2) is 0 Å². The van der Waals surface area contributed by atoms with Crippen LogP contribution in [0.5, 0.6) is 0 Å². The number of alkyl halides is 2. The fourth-order valence-corrected chi connectivity index (χ4v) is 1.36. The van der Waals surface area contributed by atoms with E-state index in [2.05, 4.69) is 0 Å². The molecule has 0 radical (unpaired) electrons. The van der Waals surface area contributed by atoms with Crippen LogP contribution in [-0.2, 0) is 0 Å². The Kier molecular flexibility index (Phi) is 3.01. The molecule has 0 aromatic carbocycles. The van der Waals surface area contributed by atoms with E-state index >= 15 is 0 Å². The number of nitrogens with two attached hydrogens (primary N) is 1. The summed E-state index contributed by atoms with van der Waals surface area (Å²) in [4.78, 5) is 2.02. The molecule has 1 aliphatic rings. The number of likely N-dealkylation sites (tertiary alicyclic amines) is 1. The molecular formula is C8H16F2N2. The normalized spacial score (nSPS) is 21.0. The molecule has 1 rings (SSSR count). The fourth-order valence-electron chi connectivity index (χ4n) is 1.36. The van der Waals surface area contributed by atoms with Crippen molar-refractivity contribution in [2.75, 3.05) is 26.2 Å². The maximum atomic E-state index is 12.4. The molecular weight excluding hydrogens is 162 g/mol. The predicted molar refractivity (Wildman–Crippen MR) is 44.2 cm³/mol. The first kappa shape index (κ1) is 9.86. The van der Waals surface area contributed by atoms with Crippen LogP contribution in [0, 0.1) is 5.92 Å². The Morgan fingerprint density at radius 1 is 1.50 bits per heavy atom. The van der Waals surface area contributed by atoms with Gasteiger partial charge in [-0.05, 0) is 19.4 Å². The van der Waals surface area contributed by atoms with E-state index in [0.29, 0.717) is 19.0 Å². The molecule has 2 N–H and O–H groups in total. The molecule has 1 fully saturated rings. The summed E-state index contributed by atoms with van der Waals surface area (Å²) in [6.07, 6.45) is -0.0374. The van der Waals surface area contributed by atoms with E-state index in [1.165, 1.54) is 0 Å². The van der Waals surface area contributed by atoms with Gasteiger partial charge in [-0.25, -0.2) is 8.78 Å². The van der Waals surface area contributed by atoms with Crippen LogP contribution < -0.4 is 5.73 Å². The molecule has 0 amide bonds. The highest BCUT2D eigenvalue weighted by Crippen LogP contribution is 2.20. The van der Waals surface area contributed by atoms with Gasteiger partial charge in [0.05, 0.1) is 0 Å². The van der Waals surface area contributed by atoms with Gasteiger partial charge in [-0.3, -0.25) is 0 Å². The number of halogens is 2. The van der Waals surface area contributed by atoms with E-state index in [1.54, 1.807) is 0 Å². The lowest BCUT2D eigenvalue weighted by molar-refractivity contribution is -0.0101. The molecule has 0 unspecified atom stereocenters. The average Bonchev–Trinajstić information content (AvgIpc) is 1.82. The lowest BCUT2D eigenvalue weighted by Gasteiger charge is -2.39. The molecule has 0 aromatic rings. The minimum atomic E-state index is -2.52. The summed E-state index contributed by atoms with van der Waals surface area (Å²) >= 11 is 0. The molecule has 1 heterocycles. The Morgan fingerprint density at radius 3 is 2.50 bits per heavy atom. The van der Waals surface area contributed by atoms with Crippen molar-refractivity contribution in [3.05, 3.63) is 0 Å². The quantitative estimate of drug-likeness (QED) is 0.693. The third-order valence-electron chi connectivity index (χ3n) is 2.23. The van der Waals surface area contributed by atoms with Crippen LogP contribution in [-0.4, -0.2) is 37.0 Å². The molecule has 0 bridgehead atoms. The zero-order valence-electron chi connectivity index (χ0n) is 7.39. The maximum absolute atomic E-state index is 12.4. The first-order chi connectivity index (χ1) is 5.51. The number of nitrogens with zero attached hydrogens (tertiary/aromatic N) is 1. The second-order valence-corrected chi connectivity index (χ2v) is 3.68. The van der Waals surface area contributed by atoms with Gasteiger partial charge in [-0.15, -0.1) is 0 Å². The largest absolute Gasteiger partial charge is 0.330 e. The molecule has 1 saturated heterocycles. The molecule has 0 saturated carbocycles.